The van der Waals surface area contributed by atoms with Gasteiger partial charge in [-0.1, -0.05) is 0 Å². The normalized spacial score (nSPS) is 9.87. The number of hydrogen-bond acceptors (Lipinski definition) is 3. The van der Waals surface area contributed by atoms with Crippen molar-refractivity contribution in [2.24, 2.45) is 0 Å². The molecule has 0 saturated heterocycles. The fourth-order valence-electron chi connectivity index (χ4n) is 1.18. The molecule has 0 radical (unpaired) electrons. The Morgan fingerprint density at radius 1 is 1.40 bits per heavy atom. The molecule has 0 amide bonds. The summed E-state index contributed by atoms with van der Waals surface area (Å²) in [6.07, 6.45) is 0.613. The highest BCUT2D eigenvalue weighted by atomic mass is 19.1. The Kier molecular flexibility index (Phi) is 3.60. The van der Waals surface area contributed by atoms with Gasteiger partial charge in [-0.05, 0) is 0 Å². The zero-order chi connectivity index (χ0) is 11.4. The lowest BCUT2D eigenvalue weighted by Gasteiger charge is -2.17. The number of rotatable bonds is 4. The highest BCUT2D eigenvalue weighted by Gasteiger charge is 2.13. The van der Waals surface area contributed by atoms with Gasteiger partial charge in [-0.25, -0.2) is 8.78 Å². The van der Waals surface area contributed by atoms with E-state index < -0.39 is 11.6 Å². The summed E-state index contributed by atoms with van der Waals surface area (Å²) in [7, 11) is 2.76. The Morgan fingerprint density at radius 3 is 2.60 bits per heavy atom. The Bertz CT molecular complexity index is 369. The molecule has 5 heteroatoms. The Hall–Kier alpha value is -1.65. The predicted molar refractivity (Wildman–Crippen MR) is 52.2 cm³/mol. The van der Waals surface area contributed by atoms with Gasteiger partial charge in [-0.2, -0.15) is 0 Å². The Morgan fingerprint density at radius 2 is 2.07 bits per heavy atom. The van der Waals surface area contributed by atoms with Crippen molar-refractivity contribution >= 4 is 12.0 Å². The summed E-state index contributed by atoms with van der Waals surface area (Å²) in [6.45, 7) is 0.00267. The summed E-state index contributed by atoms with van der Waals surface area (Å²) in [5.41, 5.74) is 0.0281. The molecule has 0 heterocycles. The van der Waals surface area contributed by atoms with Crippen LogP contribution in [0.1, 0.15) is 0 Å². The third-order valence-corrected chi connectivity index (χ3v) is 1.98. The maximum atomic E-state index is 13.4. The molecular formula is C10H11F2NO2. The molecule has 0 N–H and O–H groups in total. The zero-order valence-electron chi connectivity index (χ0n) is 8.46. The van der Waals surface area contributed by atoms with Crippen LogP contribution in [0.5, 0.6) is 5.75 Å². The van der Waals surface area contributed by atoms with Gasteiger partial charge in [0.15, 0.2) is 11.6 Å². The third kappa shape index (κ3) is 2.43. The molecule has 0 spiro atoms. The van der Waals surface area contributed by atoms with Crippen LogP contribution in [0, 0.1) is 11.6 Å². The lowest BCUT2D eigenvalue weighted by molar-refractivity contribution is -0.106. The van der Waals surface area contributed by atoms with Crippen molar-refractivity contribution in [3.8, 4) is 5.75 Å². The second-order valence-corrected chi connectivity index (χ2v) is 2.99. The zero-order valence-corrected chi connectivity index (χ0v) is 8.46. The SMILES string of the molecule is COc1cc(F)c(N(C)CC=O)cc1F. The van der Waals surface area contributed by atoms with Gasteiger partial charge in [0, 0.05) is 19.2 Å². The number of nitrogens with zero attached hydrogens (tertiary/aromatic N) is 1. The van der Waals surface area contributed by atoms with E-state index in [1.165, 1.54) is 19.1 Å². The number of carbonyl (C=O) groups excluding carboxylic acids is 1. The van der Waals surface area contributed by atoms with Gasteiger partial charge < -0.3 is 14.4 Å². The average Bonchev–Trinajstić information content (AvgIpc) is 2.21. The standard InChI is InChI=1S/C10H11F2NO2/c1-13(3-4-14)9-5-8(12)10(15-2)6-7(9)11/h4-6H,3H2,1-2H3. The lowest BCUT2D eigenvalue weighted by Crippen LogP contribution is -2.20. The fourth-order valence-corrected chi connectivity index (χ4v) is 1.18. The van der Waals surface area contributed by atoms with Crippen molar-refractivity contribution in [1.82, 2.24) is 0 Å². The molecule has 0 bridgehead atoms. The topological polar surface area (TPSA) is 29.5 Å². The molecule has 0 aliphatic rings. The maximum absolute atomic E-state index is 13.4. The molecule has 0 atom stereocenters. The van der Waals surface area contributed by atoms with Crippen LogP contribution in [0.3, 0.4) is 0 Å². The largest absolute Gasteiger partial charge is 0.494 e. The van der Waals surface area contributed by atoms with Crippen LogP contribution < -0.4 is 9.64 Å². The first-order valence-corrected chi connectivity index (χ1v) is 4.28. The number of benzene rings is 1. The first-order chi connectivity index (χ1) is 7.10. The summed E-state index contributed by atoms with van der Waals surface area (Å²) in [4.78, 5) is 11.5. The van der Waals surface area contributed by atoms with Crippen LogP contribution in [-0.4, -0.2) is 27.0 Å². The molecule has 0 saturated carbocycles. The number of methoxy groups -OCH3 is 1. The molecule has 1 aromatic rings. The highest BCUT2D eigenvalue weighted by Crippen LogP contribution is 2.26. The molecule has 0 unspecified atom stereocenters. The van der Waals surface area contributed by atoms with Gasteiger partial charge in [0.05, 0.1) is 19.3 Å². The summed E-state index contributed by atoms with van der Waals surface area (Å²) in [6, 6.07) is 1.95. The van der Waals surface area contributed by atoms with Crippen molar-refractivity contribution < 1.29 is 18.3 Å². The highest BCUT2D eigenvalue weighted by molar-refractivity contribution is 5.61. The lowest BCUT2D eigenvalue weighted by atomic mass is 10.2. The van der Waals surface area contributed by atoms with Crippen LogP contribution in [0.15, 0.2) is 12.1 Å². The maximum Gasteiger partial charge on any atom is 0.167 e. The number of halogens is 2. The molecule has 0 aromatic heterocycles. The second-order valence-electron chi connectivity index (χ2n) is 2.99. The van der Waals surface area contributed by atoms with Crippen molar-refractivity contribution in [1.29, 1.82) is 0 Å². The first kappa shape index (κ1) is 11.4. The van der Waals surface area contributed by atoms with Gasteiger partial charge in [0.1, 0.15) is 12.1 Å². The van der Waals surface area contributed by atoms with E-state index in [2.05, 4.69) is 4.74 Å². The molecule has 15 heavy (non-hydrogen) atoms. The number of likely N-dealkylation sites (N-methyl/N-ethyl adjacent to an activating group) is 1. The second kappa shape index (κ2) is 4.72. The first-order valence-electron chi connectivity index (χ1n) is 4.28. The molecule has 3 nitrogen and oxygen atoms in total. The number of anilines is 1. The fraction of sp³-hybridized carbons (Fsp3) is 0.300. The van der Waals surface area contributed by atoms with Gasteiger partial charge in [0.25, 0.3) is 0 Å². The summed E-state index contributed by atoms with van der Waals surface area (Å²) < 4.78 is 31.2. The van der Waals surface area contributed by atoms with Crippen molar-refractivity contribution in [3.63, 3.8) is 0 Å². The van der Waals surface area contributed by atoms with Crippen molar-refractivity contribution in [2.75, 3.05) is 25.6 Å². The van der Waals surface area contributed by atoms with E-state index in [0.717, 1.165) is 12.1 Å². The molecule has 0 fully saturated rings. The minimum Gasteiger partial charge on any atom is -0.494 e. The van der Waals surface area contributed by atoms with Crippen LogP contribution in [0.2, 0.25) is 0 Å². The van der Waals surface area contributed by atoms with E-state index in [-0.39, 0.29) is 18.0 Å². The molecule has 1 rings (SSSR count). The van der Waals surface area contributed by atoms with E-state index in [4.69, 9.17) is 0 Å². The molecule has 0 aliphatic heterocycles. The van der Waals surface area contributed by atoms with E-state index >= 15 is 0 Å². The van der Waals surface area contributed by atoms with Gasteiger partial charge in [-0.3, -0.25) is 0 Å². The molecule has 1 aromatic carbocycles. The molecule has 0 aliphatic carbocycles. The smallest absolute Gasteiger partial charge is 0.167 e. The van der Waals surface area contributed by atoms with Crippen LogP contribution in [-0.2, 0) is 4.79 Å². The number of hydrogen-bond donors (Lipinski definition) is 0. The Balaban J connectivity index is 3.09. The monoisotopic (exact) mass is 215 g/mol. The molecular weight excluding hydrogens is 204 g/mol. The van der Waals surface area contributed by atoms with Crippen LogP contribution >= 0.6 is 0 Å². The van der Waals surface area contributed by atoms with E-state index in [9.17, 15) is 13.6 Å². The van der Waals surface area contributed by atoms with Crippen LogP contribution in [0.4, 0.5) is 14.5 Å². The summed E-state index contributed by atoms with van der Waals surface area (Å²) in [5.74, 6) is -1.44. The number of aldehydes is 1. The summed E-state index contributed by atoms with van der Waals surface area (Å²) in [5, 5.41) is 0. The van der Waals surface area contributed by atoms with E-state index in [0.29, 0.717) is 6.29 Å². The van der Waals surface area contributed by atoms with Gasteiger partial charge in [-0.15, -0.1) is 0 Å². The summed E-state index contributed by atoms with van der Waals surface area (Å²) >= 11 is 0. The van der Waals surface area contributed by atoms with Crippen LogP contribution in [0.25, 0.3) is 0 Å². The third-order valence-electron chi connectivity index (χ3n) is 1.98. The van der Waals surface area contributed by atoms with E-state index in [1.807, 2.05) is 0 Å². The van der Waals surface area contributed by atoms with E-state index in [1.54, 1.807) is 0 Å². The van der Waals surface area contributed by atoms with Gasteiger partial charge in [0.2, 0.25) is 0 Å². The predicted octanol–water partition coefficient (Wildman–Crippen LogP) is 1.61. The molecule has 82 valence electrons. The Labute approximate surface area is 86.3 Å². The minimum atomic E-state index is -0.661. The van der Waals surface area contributed by atoms with Gasteiger partial charge >= 0.3 is 0 Å². The quantitative estimate of drug-likeness (QED) is 0.714. The number of carbonyl (C=O) groups is 1. The average molecular weight is 215 g/mol. The van der Waals surface area contributed by atoms with Crippen molar-refractivity contribution in [3.05, 3.63) is 23.8 Å². The minimum absolute atomic E-state index is 0.00267. The van der Waals surface area contributed by atoms with Crippen molar-refractivity contribution in [2.45, 2.75) is 0 Å². The number of ether oxygens (including phenoxy) is 1.